The Morgan fingerprint density at radius 2 is 2.00 bits per heavy atom. The van der Waals surface area contributed by atoms with E-state index in [1.54, 1.807) is 0 Å². The molecule has 0 spiro atoms. The van der Waals surface area contributed by atoms with Gasteiger partial charge in [-0.05, 0) is 32.1 Å². The molecule has 1 rings (SSSR count). The fourth-order valence-electron chi connectivity index (χ4n) is 1.99. The van der Waals surface area contributed by atoms with Crippen molar-refractivity contribution in [1.29, 1.82) is 0 Å². The van der Waals surface area contributed by atoms with Gasteiger partial charge in [-0.1, -0.05) is 29.3 Å². The lowest BCUT2D eigenvalue weighted by atomic mass is 9.83. The van der Waals surface area contributed by atoms with Crippen LogP contribution >= 0.6 is 15.9 Å². The summed E-state index contributed by atoms with van der Waals surface area (Å²) in [6.45, 7) is 2.10. The molecule has 0 aromatic heterocycles. The lowest BCUT2D eigenvalue weighted by Gasteiger charge is -2.35. The standard InChI is InChI=1S/C10H17BrO2/c1-2-10(13-9(12)8-11)6-4-3-5-7-10/h2-8H2,1H3. The lowest BCUT2D eigenvalue weighted by molar-refractivity contribution is -0.160. The number of hydrogen-bond donors (Lipinski definition) is 0. The Labute approximate surface area is 88.2 Å². The van der Waals surface area contributed by atoms with E-state index in [-0.39, 0.29) is 11.6 Å². The molecule has 1 fully saturated rings. The van der Waals surface area contributed by atoms with Crippen LogP contribution in [0.1, 0.15) is 45.4 Å². The van der Waals surface area contributed by atoms with Gasteiger partial charge in [0.05, 0.1) is 0 Å². The Morgan fingerprint density at radius 1 is 1.38 bits per heavy atom. The zero-order valence-electron chi connectivity index (χ0n) is 8.14. The molecule has 2 nitrogen and oxygen atoms in total. The maximum atomic E-state index is 11.2. The largest absolute Gasteiger partial charge is 0.458 e. The Hall–Kier alpha value is -0.0500. The molecule has 0 aliphatic heterocycles. The van der Waals surface area contributed by atoms with Crippen molar-refractivity contribution in [2.24, 2.45) is 0 Å². The molecular formula is C10H17BrO2. The van der Waals surface area contributed by atoms with Crippen LogP contribution in [-0.2, 0) is 9.53 Å². The molecule has 0 radical (unpaired) electrons. The third-order valence-electron chi connectivity index (χ3n) is 2.85. The SMILES string of the molecule is CCC1(OC(=O)CBr)CCCCC1. The number of alkyl halides is 1. The van der Waals surface area contributed by atoms with Gasteiger partial charge in [-0.25, -0.2) is 0 Å². The second-order valence-electron chi connectivity index (χ2n) is 3.70. The molecular weight excluding hydrogens is 232 g/mol. The fourth-order valence-corrected chi connectivity index (χ4v) is 2.11. The van der Waals surface area contributed by atoms with Crippen molar-refractivity contribution in [2.45, 2.75) is 51.0 Å². The van der Waals surface area contributed by atoms with Crippen molar-refractivity contribution in [2.75, 3.05) is 5.33 Å². The summed E-state index contributed by atoms with van der Waals surface area (Å²) >= 11 is 3.12. The summed E-state index contributed by atoms with van der Waals surface area (Å²) in [7, 11) is 0. The average molecular weight is 249 g/mol. The summed E-state index contributed by atoms with van der Waals surface area (Å²) in [5.74, 6) is -0.122. The summed E-state index contributed by atoms with van der Waals surface area (Å²) < 4.78 is 5.49. The average Bonchev–Trinajstić information content (AvgIpc) is 2.19. The van der Waals surface area contributed by atoms with Crippen LogP contribution in [0.25, 0.3) is 0 Å². The highest BCUT2D eigenvalue weighted by molar-refractivity contribution is 9.09. The maximum absolute atomic E-state index is 11.2. The van der Waals surface area contributed by atoms with E-state index in [0.29, 0.717) is 5.33 Å². The predicted molar refractivity (Wildman–Crippen MR) is 56.0 cm³/mol. The minimum Gasteiger partial charge on any atom is -0.458 e. The molecule has 0 unspecified atom stereocenters. The first-order valence-electron chi connectivity index (χ1n) is 5.00. The van der Waals surface area contributed by atoms with Crippen LogP contribution in [-0.4, -0.2) is 16.9 Å². The molecule has 0 N–H and O–H groups in total. The van der Waals surface area contributed by atoms with Gasteiger partial charge in [0.15, 0.2) is 0 Å². The Morgan fingerprint density at radius 3 is 2.46 bits per heavy atom. The van der Waals surface area contributed by atoms with E-state index in [1.165, 1.54) is 19.3 Å². The van der Waals surface area contributed by atoms with Crippen molar-refractivity contribution in [3.8, 4) is 0 Å². The minimum atomic E-state index is -0.136. The lowest BCUT2D eigenvalue weighted by Crippen LogP contribution is -2.36. The normalized spacial score (nSPS) is 21.1. The molecule has 76 valence electrons. The predicted octanol–water partition coefficient (Wildman–Crippen LogP) is 3.04. The Kier molecular flexibility index (Phi) is 4.23. The highest BCUT2D eigenvalue weighted by Gasteiger charge is 2.33. The maximum Gasteiger partial charge on any atom is 0.317 e. The highest BCUT2D eigenvalue weighted by atomic mass is 79.9. The zero-order chi connectivity index (χ0) is 9.73. The topological polar surface area (TPSA) is 26.3 Å². The number of ether oxygens (including phenoxy) is 1. The third-order valence-corrected chi connectivity index (χ3v) is 3.31. The summed E-state index contributed by atoms with van der Waals surface area (Å²) in [6.07, 6.45) is 6.72. The van der Waals surface area contributed by atoms with Gasteiger partial charge in [0.25, 0.3) is 0 Å². The fraction of sp³-hybridized carbons (Fsp3) is 0.900. The summed E-state index contributed by atoms with van der Waals surface area (Å²) in [5, 5.41) is 0.314. The minimum absolute atomic E-state index is 0.122. The molecule has 1 saturated carbocycles. The number of esters is 1. The highest BCUT2D eigenvalue weighted by Crippen LogP contribution is 2.34. The molecule has 0 amide bonds. The summed E-state index contributed by atoms with van der Waals surface area (Å²) in [6, 6.07) is 0. The van der Waals surface area contributed by atoms with Crippen LogP contribution in [0, 0.1) is 0 Å². The smallest absolute Gasteiger partial charge is 0.317 e. The van der Waals surface area contributed by atoms with Gasteiger partial charge in [-0.3, -0.25) is 4.79 Å². The molecule has 1 aliphatic carbocycles. The van der Waals surface area contributed by atoms with Crippen LogP contribution in [0.3, 0.4) is 0 Å². The first kappa shape index (κ1) is 11.0. The van der Waals surface area contributed by atoms with Gasteiger partial charge in [0, 0.05) is 0 Å². The van der Waals surface area contributed by atoms with Gasteiger partial charge < -0.3 is 4.74 Å². The van der Waals surface area contributed by atoms with E-state index in [9.17, 15) is 4.79 Å². The van der Waals surface area contributed by atoms with Crippen LogP contribution in [0.2, 0.25) is 0 Å². The van der Waals surface area contributed by atoms with Crippen LogP contribution in [0.5, 0.6) is 0 Å². The van der Waals surface area contributed by atoms with E-state index < -0.39 is 0 Å². The number of halogens is 1. The van der Waals surface area contributed by atoms with Crippen molar-refractivity contribution < 1.29 is 9.53 Å². The summed E-state index contributed by atoms with van der Waals surface area (Å²) in [4.78, 5) is 11.2. The molecule has 0 bridgehead atoms. The first-order chi connectivity index (χ1) is 6.22. The molecule has 1 aliphatic rings. The van der Waals surface area contributed by atoms with Crippen LogP contribution in [0.15, 0.2) is 0 Å². The van der Waals surface area contributed by atoms with Crippen molar-refractivity contribution in [1.82, 2.24) is 0 Å². The molecule has 0 heterocycles. The Balaban J connectivity index is 2.52. The van der Waals surface area contributed by atoms with Crippen molar-refractivity contribution in [3.63, 3.8) is 0 Å². The molecule has 0 atom stereocenters. The number of carbonyl (C=O) groups excluding carboxylic acids is 1. The van der Waals surface area contributed by atoms with Crippen molar-refractivity contribution in [3.05, 3.63) is 0 Å². The van der Waals surface area contributed by atoms with Crippen LogP contribution in [0.4, 0.5) is 0 Å². The molecule has 0 aromatic carbocycles. The second-order valence-corrected chi connectivity index (χ2v) is 4.27. The monoisotopic (exact) mass is 248 g/mol. The quantitative estimate of drug-likeness (QED) is 0.567. The van der Waals surface area contributed by atoms with E-state index in [1.807, 2.05) is 0 Å². The molecule has 3 heteroatoms. The van der Waals surface area contributed by atoms with Gasteiger partial charge in [0.1, 0.15) is 10.9 Å². The van der Waals surface area contributed by atoms with Gasteiger partial charge in [-0.15, -0.1) is 0 Å². The van der Waals surface area contributed by atoms with E-state index in [2.05, 4.69) is 22.9 Å². The Bertz CT molecular complexity index is 174. The molecule has 13 heavy (non-hydrogen) atoms. The molecule has 0 saturated heterocycles. The molecule has 0 aromatic rings. The van der Waals surface area contributed by atoms with E-state index >= 15 is 0 Å². The second kappa shape index (κ2) is 4.99. The van der Waals surface area contributed by atoms with Gasteiger partial charge in [-0.2, -0.15) is 0 Å². The van der Waals surface area contributed by atoms with Gasteiger partial charge in [0.2, 0.25) is 0 Å². The zero-order valence-corrected chi connectivity index (χ0v) is 9.73. The van der Waals surface area contributed by atoms with E-state index in [0.717, 1.165) is 19.3 Å². The van der Waals surface area contributed by atoms with Crippen LogP contribution < -0.4 is 0 Å². The van der Waals surface area contributed by atoms with Gasteiger partial charge >= 0.3 is 5.97 Å². The summed E-state index contributed by atoms with van der Waals surface area (Å²) in [5.41, 5.74) is -0.136. The number of carbonyl (C=O) groups is 1. The van der Waals surface area contributed by atoms with Crippen molar-refractivity contribution >= 4 is 21.9 Å². The first-order valence-corrected chi connectivity index (χ1v) is 6.12. The third kappa shape index (κ3) is 2.97. The van der Waals surface area contributed by atoms with E-state index in [4.69, 9.17) is 4.74 Å². The number of hydrogen-bond acceptors (Lipinski definition) is 2. The number of rotatable bonds is 3.